The summed E-state index contributed by atoms with van der Waals surface area (Å²) in [5, 5.41) is 13.3. The first-order chi connectivity index (χ1) is 9.49. The van der Waals surface area contributed by atoms with Crippen molar-refractivity contribution < 1.29 is 14.3 Å². The van der Waals surface area contributed by atoms with E-state index in [4.69, 9.17) is 4.42 Å². The SMILES string of the molecule is CC(CN(C)C)NCc1oc2ccccc2c1C(=O)O. The molecule has 0 aliphatic rings. The summed E-state index contributed by atoms with van der Waals surface area (Å²) in [7, 11) is 4.00. The molecule has 0 bridgehead atoms. The molecule has 0 saturated carbocycles. The molecule has 5 heteroatoms. The topological polar surface area (TPSA) is 65.7 Å². The summed E-state index contributed by atoms with van der Waals surface area (Å²) in [6.07, 6.45) is 0. The molecule has 0 spiro atoms. The van der Waals surface area contributed by atoms with E-state index in [1.807, 2.05) is 26.2 Å². The van der Waals surface area contributed by atoms with Crippen LogP contribution in [0.15, 0.2) is 28.7 Å². The predicted molar refractivity (Wildman–Crippen MR) is 78.0 cm³/mol. The van der Waals surface area contributed by atoms with Crippen molar-refractivity contribution in [2.24, 2.45) is 0 Å². The average molecular weight is 276 g/mol. The minimum atomic E-state index is -0.952. The van der Waals surface area contributed by atoms with Crippen LogP contribution in [0.5, 0.6) is 0 Å². The quantitative estimate of drug-likeness (QED) is 0.846. The van der Waals surface area contributed by atoms with Gasteiger partial charge in [-0.3, -0.25) is 0 Å². The summed E-state index contributed by atoms with van der Waals surface area (Å²) in [4.78, 5) is 13.5. The molecule has 0 fully saturated rings. The molecule has 1 atom stereocenters. The van der Waals surface area contributed by atoms with Gasteiger partial charge in [-0.05, 0) is 27.1 Å². The van der Waals surface area contributed by atoms with Gasteiger partial charge in [-0.15, -0.1) is 0 Å². The van der Waals surface area contributed by atoms with Gasteiger partial charge in [0.25, 0.3) is 0 Å². The second-order valence-corrected chi connectivity index (χ2v) is 5.25. The van der Waals surface area contributed by atoms with Gasteiger partial charge in [0, 0.05) is 18.0 Å². The van der Waals surface area contributed by atoms with Crippen molar-refractivity contribution in [2.75, 3.05) is 20.6 Å². The highest BCUT2D eigenvalue weighted by Crippen LogP contribution is 2.25. The molecule has 0 saturated heterocycles. The second kappa shape index (κ2) is 6.07. The number of hydrogen-bond acceptors (Lipinski definition) is 4. The molecule has 0 radical (unpaired) electrons. The molecule has 1 aromatic carbocycles. The molecular weight excluding hydrogens is 256 g/mol. The Labute approximate surface area is 118 Å². The standard InChI is InChI=1S/C15H20N2O3/c1-10(9-17(2)3)16-8-13-14(15(18)19)11-6-4-5-7-12(11)20-13/h4-7,10,16H,8-9H2,1-3H3,(H,18,19). The third-order valence-electron chi connectivity index (χ3n) is 3.13. The molecule has 5 nitrogen and oxygen atoms in total. The highest BCUT2D eigenvalue weighted by molar-refractivity contribution is 6.03. The number of benzene rings is 1. The Morgan fingerprint density at radius 1 is 1.40 bits per heavy atom. The minimum absolute atomic E-state index is 0.250. The van der Waals surface area contributed by atoms with Gasteiger partial charge >= 0.3 is 5.97 Å². The van der Waals surface area contributed by atoms with Crippen LogP contribution in [0.25, 0.3) is 11.0 Å². The molecule has 1 aromatic heterocycles. The number of carboxylic acid groups (broad SMARTS) is 1. The van der Waals surface area contributed by atoms with Crippen molar-refractivity contribution in [2.45, 2.75) is 19.5 Å². The molecular formula is C15H20N2O3. The second-order valence-electron chi connectivity index (χ2n) is 5.25. The Morgan fingerprint density at radius 3 is 2.75 bits per heavy atom. The highest BCUT2D eigenvalue weighted by Gasteiger charge is 2.20. The fraction of sp³-hybridized carbons (Fsp3) is 0.400. The van der Waals surface area contributed by atoms with Crippen LogP contribution in [-0.2, 0) is 6.54 Å². The normalized spacial score (nSPS) is 13.0. The van der Waals surface area contributed by atoms with Crippen molar-refractivity contribution in [1.82, 2.24) is 10.2 Å². The van der Waals surface area contributed by atoms with E-state index in [0.29, 0.717) is 23.3 Å². The fourth-order valence-corrected chi connectivity index (χ4v) is 2.33. The first-order valence-corrected chi connectivity index (χ1v) is 6.61. The van der Waals surface area contributed by atoms with Crippen molar-refractivity contribution >= 4 is 16.9 Å². The Hall–Kier alpha value is -1.85. The lowest BCUT2D eigenvalue weighted by molar-refractivity contribution is 0.0696. The fourth-order valence-electron chi connectivity index (χ4n) is 2.33. The van der Waals surface area contributed by atoms with Gasteiger partial charge in [0.15, 0.2) is 0 Å². The van der Waals surface area contributed by atoms with Gasteiger partial charge in [-0.1, -0.05) is 18.2 Å². The molecule has 2 aromatic rings. The summed E-state index contributed by atoms with van der Waals surface area (Å²) in [6, 6.07) is 7.46. The summed E-state index contributed by atoms with van der Waals surface area (Å²) in [6.45, 7) is 3.34. The van der Waals surface area contributed by atoms with Crippen LogP contribution in [0.3, 0.4) is 0 Å². The summed E-state index contributed by atoms with van der Waals surface area (Å²) >= 11 is 0. The van der Waals surface area contributed by atoms with E-state index >= 15 is 0 Å². The zero-order chi connectivity index (χ0) is 14.7. The van der Waals surface area contributed by atoms with Crippen LogP contribution < -0.4 is 5.32 Å². The first-order valence-electron chi connectivity index (χ1n) is 6.61. The highest BCUT2D eigenvalue weighted by atomic mass is 16.4. The molecule has 108 valence electrons. The van der Waals surface area contributed by atoms with E-state index in [0.717, 1.165) is 6.54 Å². The molecule has 0 aliphatic carbocycles. The number of para-hydroxylation sites is 1. The zero-order valence-corrected chi connectivity index (χ0v) is 12.0. The molecule has 2 N–H and O–H groups in total. The van der Waals surface area contributed by atoms with Crippen molar-refractivity contribution in [3.05, 3.63) is 35.6 Å². The monoisotopic (exact) mass is 276 g/mol. The number of rotatable bonds is 6. The van der Waals surface area contributed by atoms with Crippen LogP contribution >= 0.6 is 0 Å². The van der Waals surface area contributed by atoms with Crippen molar-refractivity contribution in [3.8, 4) is 0 Å². The first kappa shape index (κ1) is 14.6. The van der Waals surface area contributed by atoms with Gasteiger partial charge in [-0.25, -0.2) is 4.79 Å². The van der Waals surface area contributed by atoms with Crippen LogP contribution in [0.2, 0.25) is 0 Å². The molecule has 1 heterocycles. The van der Waals surface area contributed by atoms with E-state index in [9.17, 15) is 9.90 Å². The molecule has 0 amide bonds. The van der Waals surface area contributed by atoms with Crippen LogP contribution in [0, 0.1) is 0 Å². The Kier molecular flexibility index (Phi) is 4.42. The molecule has 20 heavy (non-hydrogen) atoms. The Bertz CT molecular complexity index is 604. The Balaban J connectivity index is 2.21. The van der Waals surface area contributed by atoms with Gasteiger partial charge in [0.05, 0.1) is 6.54 Å². The number of furan rings is 1. The van der Waals surface area contributed by atoms with E-state index in [1.54, 1.807) is 12.1 Å². The molecule has 1 unspecified atom stereocenters. The van der Waals surface area contributed by atoms with E-state index in [1.165, 1.54) is 0 Å². The van der Waals surface area contributed by atoms with E-state index < -0.39 is 5.97 Å². The number of hydrogen-bond donors (Lipinski definition) is 2. The van der Waals surface area contributed by atoms with Crippen LogP contribution in [0.1, 0.15) is 23.0 Å². The maximum Gasteiger partial charge on any atom is 0.339 e. The van der Waals surface area contributed by atoms with Gasteiger partial charge in [0.2, 0.25) is 0 Å². The third kappa shape index (κ3) is 3.18. The van der Waals surface area contributed by atoms with Crippen molar-refractivity contribution in [3.63, 3.8) is 0 Å². The summed E-state index contributed by atoms with van der Waals surface area (Å²) in [5.41, 5.74) is 0.868. The maximum absolute atomic E-state index is 11.4. The lowest BCUT2D eigenvalue weighted by atomic mass is 10.1. The number of likely N-dealkylation sites (N-methyl/N-ethyl adjacent to an activating group) is 1. The zero-order valence-electron chi connectivity index (χ0n) is 12.0. The van der Waals surface area contributed by atoms with Gasteiger partial charge in [0.1, 0.15) is 16.9 Å². The minimum Gasteiger partial charge on any atom is -0.478 e. The lowest BCUT2D eigenvalue weighted by Gasteiger charge is -2.17. The van der Waals surface area contributed by atoms with E-state index in [2.05, 4.69) is 17.1 Å². The van der Waals surface area contributed by atoms with Crippen LogP contribution in [0.4, 0.5) is 0 Å². The number of fused-ring (bicyclic) bond motifs is 1. The van der Waals surface area contributed by atoms with Gasteiger partial charge in [-0.2, -0.15) is 0 Å². The van der Waals surface area contributed by atoms with E-state index in [-0.39, 0.29) is 11.6 Å². The number of carboxylic acids is 1. The third-order valence-corrected chi connectivity index (χ3v) is 3.13. The van der Waals surface area contributed by atoms with Crippen molar-refractivity contribution in [1.29, 1.82) is 0 Å². The summed E-state index contributed by atoms with van der Waals surface area (Å²) in [5.74, 6) is -0.476. The van der Waals surface area contributed by atoms with Gasteiger partial charge < -0.3 is 19.7 Å². The number of aromatic carboxylic acids is 1. The Morgan fingerprint density at radius 2 is 2.10 bits per heavy atom. The number of nitrogens with one attached hydrogen (secondary N) is 1. The number of carbonyl (C=O) groups is 1. The summed E-state index contributed by atoms with van der Waals surface area (Å²) < 4.78 is 5.66. The molecule has 0 aliphatic heterocycles. The largest absolute Gasteiger partial charge is 0.478 e. The lowest BCUT2D eigenvalue weighted by Crippen LogP contribution is -2.35. The van der Waals surface area contributed by atoms with Crippen LogP contribution in [-0.4, -0.2) is 42.7 Å². The average Bonchev–Trinajstić information content (AvgIpc) is 2.73. The smallest absolute Gasteiger partial charge is 0.339 e. The predicted octanol–water partition coefficient (Wildman–Crippen LogP) is 2.17. The maximum atomic E-state index is 11.4. The number of nitrogens with zero attached hydrogens (tertiary/aromatic N) is 1. The molecule has 2 rings (SSSR count).